The van der Waals surface area contributed by atoms with E-state index >= 15 is 0 Å². The Morgan fingerprint density at radius 2 is 2.11 bits per heavy atom. The molecule has 1 unspecified atom stereocenters. The van der Waals surface area contributed by atoms with Crippen molar-refractivity contribution >= 4 is 0 Å². The zero-order valence-electron chi connectivity index (χ0n) is 11.2. The monoisotopic (exact) mass is 249 g/mol. The second-order valence-corrected chi connectivity index (χ2v) is 4.80. The normalized spacial score (nSPS) is 19.9. The molecule has 0 aromatic heterocycles. The summed E-state index contributed by atoms with van der Waals surface area (Å²) in [6, 6.07) is 8.41. The van der Waals surface area contributed by atoms with Gasteiger partial charge in [0.2, 0.25) is 0 Å². The molecule has 1 aliphatic rings. The van der Waals surface area contributed by atoms with Crippen molar-refractivity contribution in [1.82, 2.24) is 5.32 Å². The van der Waals surface area contributed by atoms with Crippen LogP contribution in [0.4, 0.5) is 0 Å². The molecule has 1 saturated heterocycles. The Labute approximate surface area is 109 Å². The Bertz CT molecular complexity index is 348. The molecular weight excluding hydrogens is 226 g/mol. The predicted octanol–water partition coefficient (Wildman–Crippen LogP) is 2.49. The van der Waals surface area contributed by atoms with Crippen molar-refractivity contribution in [2.45, 2.75) is 38.5 Å². The molecule has 1 N–H and O–H groups in total. The van der Waals surface area contributed by atoms with Gasteiger partial charge in [0.15, 0.2) is 0 Å². The minimum Gasteiger partial charge on any atom is -0.376 e. The van der Waals surface area contributed by atoms with Gasteiger partial charge in [0.25, 0.3) is 0 Å². The van der Waals surface area contributed by atoms with Gasteiger partial charge in [0, 0.05) is 13.2 Å². The molecule has 3 heteroatoms. The summed E-state index contributed by atoms with van der Waals surface area (Å²) in [7, 11) is 1.97. The lowest BCUT2D eigenvalue weighted by atomic mass is 10.1. The highest BCUT2D eigenvalue weighted by Crippen LogP contribution is 2.14. The van der Waals surface area contributed by atoms with E-state index < -0.39 is 0 Å². The first-order valence-electron chi connectivity index (χ1n) is 6.81. The second-order valence-electron chi connectivity index (χ2n) is 4.80. The van der Waals surface area contributed by atoms with Crippen LogP contribution in [0, 0.1) is 0 Å². The van der Waals surface area contributed by atoms with Crippen LogP contribution in [0.5, 0.6) is 0 Å². The third-order valence-electron chi connectivity index (χ3n) is 3.32. The second kappa shape index (κ2) is 7.52. The molecule has 0 spiro atoms. The van der Waals surface area contributed by atoms with Crippen LogP contribution in [0.1, 0.15) is 30.4 Å². The maximum Gasteiger partial charge on any atom is 0.0808 e. The summed E-state index contributed by atoms with van der Waals surface area (Å²) >= 11 is 0. The molecule has 2 rings (SSSR count). The van der Waals surface area contributed by atoms with E-state index in [1.54, 1.807) is 0 Å². The molecule has 0 saturated carbocycles. The molecule has 0 radical (unpaired) electrons. The van der Waals surface area contributed by atoms with E-state index in [1.165, 1.54) is 24.0 Å². The molecule has 1 aromatic carbocycles. The Hall–Kier alpha value is -0.900. The highest BCUT2D eigenvalue weighted by atomic mass is 16.5. The van der Waals surface area contributed by atoms with Crippen molar-refractivity contribution in [3.8, 4) is 0 Å². The lowest BCUT2D eigenvalue weighted by Gasteiger charge is -2.22. The minimum atomic E-state index is 0.301. The maximum absolute atomic E-state index is 5.79. The van der Waals surface area contributed by atoms with Crippen molar-refractivity contribution in [3.05, 3.63) is 35.4 Å². The number of ether oxygens (including phenoxy) is 2. The van der Waals surface area contributed by atoms with Crippen LogP contribution < -0.4 is 5.32 Å². The molecule has 3 nitrogen and oxygen atoms in total. The Balaban J connectivity index is 1.78. The molecule has 1 aromatic rings. The first kappa shape index (κ1) is 13.5. The van der Waals surface area contributed by atoms with Crippen LogP contribution in [0.3, 0.4) is 0 Å². The first-order chi connectivity index (χ1) is 8.90. The lowest BCUT2D eigenvalue weighted by molar-refractivity contribution is -0.0448. The van der Waals surface area contributed by atoms with E-state index in [4.69, 9.17) is 9.47 Å². The summed E-state index contributed by atoms with van der Waals surface area (Å²) in [5.74, 6) is 0. The predicted molar refractivity (Wildman–Crippen MR) is 72.5 cm³/mol. The van der Waals surface area contributed by atoms with Gasteiger partial charge in [0.1, 0.15) is 0 Å². The molecule has 0 bridgehead atoms. The molecular formula is C15H23NO2. The topological polar surface area (TPSA) is 30.5 Å². The zero-order valence-corrected chi connectivity index (χ0v) is 11.2. The summed E-state index contributed by atoms with van der Waals surface area (Å²) in [4.78, 5) is 0. The summed E-state index contributed by atoms with van der Waals surface area (Å²) in [5, 5.41) is 3.18. The van der Waals surface area contributed by atoms with Crippen LogP contribution in [-0.4, -0.2) is 26.4 Å². The Morgan fingerprint density at radius 3 is 2.83 bits per heavy atom. The number of rotatable bonds is 6. The van der Waals surface area contributed by atoms with E-state index in [-0.39, 0.29) is 0 Å². The molecule has 1 fully saturated rings. The molecule has 1 heterocycles. The van der Waals surface area contributed by atoms with Gasteiger partial charge in [-0.25, -0.2) is 0 Å². The average molecular weight is 249 g/mol. The molecule has 18 heavy (non-hydrogen) atoms. The lowest BCUT2D eigenvalue weighted by Crippen LogP contribution is -2.24. The van der Waals surface area contributed by atoms with Crippen molar-refractivity contribution in [2.24, 2.45) is 0 Å². The van der Waals surface area contributed by atoms with Gasteiger partial charge in [-0.3, -0.25) is 0 Å². The third kappa shape index (κ3) is 4.09. The van der Waals surface area contributed by atoms with Gasteiger partial charge in [-0.1, -0.05) is 24.3 Å². The van der Waals surface area contributed by atoms with E-state index in [9.17, 15) is 0 Å². The van der Waals surface area contributed by atoms with Crippen LogP contribution in [0.25, 0.3) is 0 Å². The van der Waals surface area contributed by atoms with Gasteiger partial charge < -0.3 is 14.8 Å². The number of benzene rings is 1. The molecule has 0 aliphatic carbocycles. The van der Waals surface area contributed by atoms with E-state index in [0.29, 0.717) is 19.3 Å². The van der Waals surface area contributed by atoms with Crippen molar-refractivity contribution in [1.29, 1.82) is 0 Å². The molecule has 1 atom stereocenters. The first-order valence-corrected chi connectivity index (χ1v) is 6.81. The minimum absolute atomic E-state index is 0.301. The number of hydrogen-bond donors (Lipinski definition) is 1. The van der Waals surface area contributed by atoms with E-state index in [1.807, 2.05) is 7.05 Å². The highest BCUT2D eigenvalue weighted by molar-refractivity contribution is 5.26. The highest BCUT2D eigenvalue weighted by Gasteiger charge is 2.13. The maximum atomic E-state index is 5.79. The van der Waals surface area contributed by atoms with Crippen molar-refractivity contribution in [2.75, 3.05) is 20.3 Å². The number of nitrogens with one attached hydrogen (secondary N) is 1. The third-order valence-corrected chi connectivity index (χ3v) is 3.32. The standard InChI is InChI=1S/C15H23NO2/c1-16-10-13-6-2-3-7-14(13)11-17-12-15-8-4-5-9-18-15/h2-3,6-7,15-16H,4-5,8-12H2,1H3. The summed E-state index contributed by atoms with van der Waals surface area (Å²) in [6.07, 6.45) is 3.90. The van der Waals surface area contributed by atoms with E-state index in [0.717, 1.165) is 19.6 Å². The fourth-order valence-electron chi connectivity index (χ4n) is 2.30. The zero-order chi connectivity index (χ0) is 12.6. The smallest absolute Gasteiger partial charge is 0.0808 e. The average Bonchev–Trinajstić information content (AvgIpc) is 2.42. The fourth-order valence-corrected chi connectivity index (χ4v) is 2.30. The van der Waals surface area contributed by atoms with Gasteiger partial charge in [-0.2, -0.15) is 0 Å². The molecule has 100 valence electrons. The van der Waals surface area contributed by atoms with E-state index in [2.05, 4.69) is 29.6 Å². The summed E-state index contributed by atoms with van der Waals surface area (Å²) in [5.41, 5.74) is 2.58. The van der Waals surface area contributed by atoms with Crippen molar-refractivity contribution < 1.29 is 9.47 Å². The Morgan fingerprint density at radius 1 is 1.28 bits per heavy atom. The van der Waals surface area contributed by atoms with Crippen molar-refractivity contribution in [3.63, 3.8) is 0 Å². The van der Waals surface area contributed by atoms with Crippen LogP contribution in [-0.2, 0) is 22.6 Å². The van der Waals surface area contributed by atoms with Crippen LogP contribution in [0.15, 0.2) is 24.3 Å². The van der Waals surface area contributed by atoms with Crippen LogP contribution >= 0.6 is 0 Å². The molecule has 0 amide bonds. The fraction of sp³-hybridized carbons (Fsp3) is 0.600. The van der Waals surface area contributed by atoms with Gasteiger partial charge in [-0.15, -0.1) is 0 Å². The van der Waals surface area contributed by atoms with Crippen LogP contribution in [0.2, 0.25) is 0 Å². The van der Waals surface area contributed by atoms with Gasteiger partial charge in [-0.05, 0) is 37.4 Å². The Kier molecular flexibility index (Phi) is 5.65. The SMILES string of the molecule is CNCc1ccccc1COCC1CCCCO1. The largest absolute Gasteiger partial charge is 0.376 e. The molecule has 1 aliphatic heterocycles. The quantitative estimate of drug-likeness (QED) is 0.840. The van der Waals surface area contributed by atoms with Gasteiger partial charge >= 0.3 is 0 Å². The van der Waals surface area contributed by atoms with Gasteiger partial charge in [0.05, 0.1) is 19.3 Å². The summed E-state index contributed by atoms with van der Waals surface area (Å²) < 4.78 is 11.4. The number of hydrogen-bond acceptors (Lipinski definition) is 3. The summed E-state index contributed by atoms with van der Waals surface area (Å²) in [6.45, 7) is 3.18.